The predicted octanol–water partition coefficient (Wildman–Crippen LogP) is 3.79. The first-order valence-electron chi connectivity index (χ1n) is 7.43. The van der Waals surface area contributed by atoms with E-state index >= 15 is 0 Å². The van der Waals surface area contributed by atoms with Crippen molar-refractivity contribution in [2.45, 2.75) is 71.7 Å². The Morgan fingerprint density at radius 3 is 2.75 bits per heavy atom. The summed E-state index contributed by atoms with van der Waals surface area (Å²) in [6, 6.07) is 0. The zero-order valence-corrected chi connectivity index (χ0v) is 13.2. The smallest absolute Gasteiger partial charge is 0.303 e. The summed E-state index contributed by atoms with van der Waals surface area (Å²) in [6.45, 7) is 10.1. The van der Waals surface area contributed by atoms with E-state index in [0.29, 0.717) is 6.10 Å². The zero-order valence-electron chi connectivity index (χ0n) is 13.2. The molecular formula is C17H26O3. The summed E-state index contributed by atoms with van der Waals surface area (Å²) in [5, 5.41) is 0. The first-order chi connectivity index (χ1) is 9.22. The number of hydrogen-bond acceptors (Lipinski definition) is 3. The molecule has 3 atom stereocenters. The van der Waals surface area contributed by atoms with Gasteiger partial charge in [0.05, 0.1) is 11.7 Å². The Bertz CT molecular complexity index is 447. The summed E-state index contributed by atoms with van der Waals surface area (Å²) in [5.41, 5.74) is 1.17. The summed E-state index contributed by atoms with van der Waals surface area (Å²) in [6.07, 6.45) is 9.44. The van der Waals surface area contributed by atoms with Crippen LogP contribution in [0.3, 0.4) is 0 Å². The molecule has 1 fully saturated rings. The van der Waals surface area contributed by atoms with Crippen molar-refractivity contribution in [1.82, 2.24) is 0 Å². The van der Waals surface area contributed by atoms with Crippen molar-refractivity contribution in [3.8, 4) is 0 Å². The van der Waals surface area contributed by atoms with Crippen molar-refractivity contribution in [3.05, 3.63) is 23.8 Å². The van der Waals surface area contributed by atoms with Crippen LogP contribution >= 0.6 is 0 Å². The van der Waals surface area contributed by atoms with Gasteiger partial charge in [-0.05, 0) is 50.2 Å². The fraction of sp³-hybridized carbons (Fsp3) is 0.706. The normalized spacial score (nSPS) is 40.5. The molecule has 2 rings (SSSR count). The Hall–Kier alpha value is -1.09. The van der Waals surface area contributed by atoms with Crippen molar-refractivity contribution in [3.63, 3.8) is 0 Å². The Morgan fingerprint density at radius 2 is 2.10 bits per heavy atom. The third-order valence-corrected chi connectivity index (χ3v) is 4.32. The lowest BCUT2D eigenvalue weighted by molar-refractivity contribution is -0.142. The number of carbonyl (C=O) groups is 1. The first kappa shape index (κ1) is 15.3. The van der Waals surface area contributed by atoms with Crippen LogP contribution in [0.5, 0.6) is 0 Å². The van der Waals surface area contributed by atoms with E-state index in [1.165, 1.54) is 6.92 Å². The Labute approximate surface area is 122 Å². The highest BCUT2D eigenvalue weighted by atomic mass is 16.6. The van der Waals surface area contributed by atoms with Crippen LogP contribution in [-0.2, 0) is 14.3 Å². The molecule has 20 heavy (non-hydrogen) atoms. The van der Waals surface area contributed by atoms with Crippen LogP contribution in [0.2, 0.25) is 0 Å². The molecule has 0 unspecified atom stereocenters. The average Bonchev–Trinajstić information content (AvgIpc) is 2.92. The monoisotopic (exact) mass is 278 g/mol. The number of rotatable bonds is 1. The molecule has 0 spiro atoms. The summed E-state index contributed by atoms with van der Waals surface area (Å²) in [4.78, 5) is 11.2. The van der Waals surface area contributed by atoms with E-state index in [1.807, 2.05) is 13.0 Å². The lowest BCUT2D eigenvalue weighted by Gasteiger charge is -2.21. The minimum absolute atomic E-state index is 0.0309. The van der Waals surface area contributed by atoms with E-state index in [-0.39, 0.29) is 23.1 Å². The molecule has 1 aliphatic heterocycles. The number of carbonyl (C=O) groups excluding carboxylic acids is 1. The van der Waals surface area contributed by atoms with Gasteiger partial charge >= 0.3 is 5.97 Å². The fourth-order valence-electron chi connectivity index (χ4n) is 2.83. The highest BCUT2D eigenvalue weighted by molar-refractivity contribution is 5.66. The van der Waals surface area contributed by atoms with Crippen LogP contribution in [0.15, 0.2) is 23.8 Å². The summed E-state index contributed by atoms with van der Waals surface area (Å²) in [5.74, 6) is -0.238. The van der Waals surface area contributed by atoms with Gasteiger partial charge in [-0.25, -0.2) is 0 Å². The van der Waals surface area contributed by atoms with Crippen molar-refractivity contribution in [2.24, 2.45) is 5.41 Å². The lowest BCUT2D eigenvalue weighted by atomic mass is 9.83. The van der Waals surface area contributed by atoms with Crippen molar-refractivity contribution >= 4 is 5.97 Å². The summed E-state index contributed by atoms with van der Waals surface area (Å²) < 4.78 is 11.3. The average molecular weight is 278 g/mol. The van der Waals surface area contributed by atoms with Gasteiger partial charge < -0.3 is 9.47 Å². The fourth-order valence-corrected chi connectivity index (χ4v) is 2.83. The molecule has 3 heteroatoms. The second-order valence-corrected chi connectivity index (χ2v) is 6.99. The van der Waals surface area contributed by atoms with E-state index in [9.17, 15) is 4.79 Å². The predicted molar refractivity (Wildman–Crippen MR) is 79.4 cm³/mol. The Balaban J connectivity index is 2.21. The molecular weight excluding hydrogens is 252 g/mol. The molecule has 0 radical (unpaired) electrons. The Morgan fingerprint density at radius 1 is 1.40 bits per heavy atom. The van der Waals surface area contributed by atoms with Gasteiger partial charge in [-0.1, -0.05) is 26.0 Å². The summed E-state index contributed by atoms with van der Waals surface area (Å²) in [7, 11) is 0. The molecule has 3 nitrogen and oxygen atoms in total. The minimum atomic E-state index is -0.241. The largest absolute Gasteiger partial charge is 0.454 e. The molecule has 1 saturated heterocycles. The standard InChI is InChI=1S/C17H26O3/c1-12-7-6-9-17(5)15(20-17)11-16(3,4)10-8-14(12)19-13(2)18/h7-8,10,14-15H,6,9,11H2,1-5H3/b10-8+,12-7+/t14-,15-,17-/m1/s1. The number of epoxide rings is 1. The van der Waals surface area contributed by atoms with Gasteiger partial charge in [-0.2, -0.15) is 0 Å². The molecule has 0 aromatic heterocycles. The molecule has 0 aromatic rings. The highest BCUT2D eigenvalue weighted by Crippen LogP contribution is 2.47. The number of ether oxygens (including phenoxy) is 2. The first-order valence-corrected chi connectivity index (χ1v) is 7.43. The van der Waals surface area contributed by atoms with E-state index in [0.717, 1.165) is 24.8 Å². The van der Waals surface area contributed by atoms with Crippen molar-refractivity contribution in [2.75, 3.05) is 0 Å². The van der Waals surface area contributed by atoms with E-state index in [1.54, 1.807) is 0 Å². The Kier molecular flexibility index (Phi) is 4.10. The van der Waals surface area contributed by atoms with Gasteiger partial charge in [0, 0.05) is 6.92 Å². The van der Waals surface area contributed by atoms with E-state index < -0.39 is 0 Å². The van der Waals surface area contributed by atoms with Crippen LogP contribution in [-0.4, -0.2) is 23.8 Å². The molecule has 0 N–H and O–H groups in total. The SMILES string of the molecule is CC(=O)O[C@@H]1/C=C/C(C)(C)C[C@H]2O[C@]2(C)CC/C=C/1C. The van der Waals surface area contributed by atoms with Crippen LogP contribution in [0.4, 0.5) is 0 Å². The molecule has 0 aromatic carbocycles. The van der Waals surface area contributed by atoms with Gasteiger partial charge in [0.15, 0.2) is 0 Å². The lowest BCUT2D eigenvalue weighted by Crippen LogP contribution is -2.18. The van der Waals surface area contributed by atoms with Crippen LogP contribution in [0.1, 0.15) is 53.9 Å². The van der Waals surface area contributed by atoms with Crippen LogP contribution in [0, 0.1) is 5.41 Å². The van der Waals surface area contributed by atoms with Gasteiger partial charge in [-0.15, -0.1) is 0 Å². The van der Waals surface area contributed by atoms with Crippen LogP contribution in [0.25, 0.3) is 0 Å². The van der Waals surface area contributed by atoms with Gasteiger partial charge in [0.2, 0.25) is 0 Å². The third kappa shape index (κ3) is 3.72. The molecule has 0 saturated carbocycles. The molecule has 1 heterocycles. The minimum Gasteiger partial charge on any atom is -0.454 e. The quantitative estimate of drug-likeness (QED) is 0.416. The third-order valence-electron chi connectivity index (χ3n) is 4.32. The van der Waals surface area contributed by atoms with Crippen molar-refractivity contribution in [1.29, 1.82) is 0 Å². The molecule has 0 bridgehead atoms. The number of allylic oxidation sites excluding steroid dienone is 2. The van der Waals surface area contributed by atoms with Crippen LogP contribution < -0.4 is 0 Å². The van der Waals surface area contributed by atoms with E-state index in [2.05, 4.69) is 32.9 Å². The molecule has 1 aliphatic carbocycles. The highest BCUT2D eigenvalue weighted by Gasteiger charge is 2.52. The maximum Gasteiger partial charge on any atom is 0.303 e. The number of hydrogen-bond donors (Lipinski definition) is 0. The van der Waals surface area contributed by atoms with E-state index in [4.69, 9.17) is 9.47 Å². The van der Waals surface area contributed by atoms with Gasteiger partial charge in [-0.3, -0.25) is 4.79 Å². The topological polar surface area (TPSA) is 38.8 Å². The zero-order chi connectivity index (χ0) is 15.0. The molecule has 0 amide bonds. The maximum absolute atomic E-state index is 11.2. The number of fused-ring (bicyclic) bond motifs is 1. The molecule has 112 valence electrons. The maximum atomic E-state index is 11.2. The molecule has 2 aliphatic rings. The second-order valence-electron chi connectivity index (χ2n) is 6.99. The van der Waals surface area contributed by atoms with Gasteiger partial charge in [0.1, 0.15) is 6.10 Å². The van der Waals surface area contributed by atoms with Crippen molar-refractivity contribution < 1.29 is 14.3 Å². The van der Waals surface area contributed by atoms with Gasteiger partial charge in [0.25, 0.3) is 0 Å². The second kappa shape index (κ2) is 5.36. The number of esters is 1. The summed E-state index contributed by atoms with van der Waals surface area (Å²) >= 11 is 0.